The fourth-order valence-corrected chi connectivity index (χ4v) is 3.93. The van der Waals surface area contributed by atoms with Gasteiger partial charge in [-0.25, -0.2) is 0 Å². The van der Waals surface area contributed by atoms with Gasteiger partial charge < -0.3 is 19.3 Å². The number of carboxylic acids is 1. The first kappa shape index (κ1) is 24.9. The molecular weight excluding hydrogens is 452 g/mol. The molecule has 0 atom stereocenters. The number of allylic oxidation sites excluding steroid dienone is 1. The highest BCUT2D eigenvalue weighted by molar-refractivity contribution is 7.99. The van der Waals surface area contributed by atoms with E-state index in [-0.39, 0.29) is 11.5 Å². The van der Waals surface area contributed by atoms with Gasteiger partial charge in [0.1, 0.15) is 12.4 Å². The van der Waals surface area contributed by atoms with Crippen molar-refractivity contribution < 1.29 is 28.9 Å². The summed E-state index contributed by atoms with van der Waals surface area (Å²) in [6.07, 6.45) is 3.22. The third-order valence-corrected chi connectivity index (χ3v) is 5.87. The molecule has 0 aliphatic rings. The van der Waals surface area contributed by atoms with Gasteiger partial charge in [0, 0.05) is 16.9 Å². The van der Waals surface area contributed by atoms with Crippen LogP contribution in [0.4, 0.5) is 0 Å². The Bertz CT molecular complexity index is 1160. The minimum absolute atomic E-state index is 0.0205. The molecule has 6 nitrogen and oxygen atoms in total. The normalized spacial score (nSPS) is 10.8. The van der Waals surface area contributed by atoms with Crippen LogP contribution in [0.2, 0.25) is 0 Å². The van der Waals surface area contributed by atoms with Gasteiger partial charge in [0.15, 0.2) is 17.3 Å². The number of benzene rings is 3. The van der Waals surface area contributed by atoms with Crippen molar-refractivity contribution in [1.29, 1.82) is 0 Å². The lowest BCUT2D eigenvalue weighted by molar-refractivity contribution is -0.133. The van der Waals surface area contributed by atoms with Gasteiger partial charge in [-0.3, -0.25) is 9.59 Å². The van der Waals surface area contributed by atoms with Crippen LogP contribution in [0.5, 0.6) is 17.2 Å². The molecule has 3 aromatic rings. The summed E-state index contributed by atoms with van der Waals surface area (Å²) in [5, 5.41) is 8.85. The van der Waals surface area contributed by atoms with Crippen molar-refractivity contribution in [3.8, 4) is 17.2 Å². The summed E-state index contributed by atoms with van der Waals surface area (Å²) in [7, 11) is 3.13. The topological polar surface area (TPSA) is 82.1 Å². The molecular formula is C27H26O6S. The number of carbonyl (C=O) groups is 2. The van der Waals surface area contributed by atoms with E-state index in [0.29, 0.717) is 35.2 Å². The molecule has 0 amide bonds. The van der Waals surface area contributed by atoms with Crippen LogP contribution in [0.3, 0.4) is 0 Å². The van der Waals surface area contributed by atoms with Crippen molar-refractivity contribution in [3.63, 3.8) is 0 Å². The second-order valence-corrected chi connectivity index (χ2v) is 8.28. The molecule has 34 heavy (non-hydrogen) atoms. The van der Waals surface area contributed by atoms with E-state index >= 15 is 0 Å². The summed E-state index contributed by atoms with van der Waals surface area (Å²) in [5.74, 6) is 1.17. The van der Waals surface area contributed by atoms with Gasteiger partial charge >= 0.3 is 5.97 Å². The maximum Gasteiger partial charge on any atom is 0.313 e. The van der Waals surface area contributed by atoms with Crippen LogP contribution in [-0.4, -0.2) is 36.8 Å². The van der Waals surface area contributed by atoms with E-state index < -0.39 is 5.97 Å². The van der Waals surface area contributed by atoms with Crippen molar-refractivity contribution in [2.75, 3.05) is 20.0 Å². The van der Waals surface area contributed by atoms with Gasteiger partial charge in [0.25, 0.3) is 0 Å². The Labute approximate surface area is 203 Å². The van der Waals surface area contributed by atoms with Gasteiger partial charge in [0.05, 0.1) is 20.0 Å². The number of hydrogen-bond acceptors (Lipinski definition) is 6. The first-order valence-corrected chi connectivity index (χ1v) is 11.7. The van der Waals surface area contributed by atoms with Crippen molar-refractivity contribution >= 4 is 29.6 Å². The number of aliphatic carboxylic acids is 1. The highest BCUT2D eigenvalue weighted by Crippen LogP contribution is 2.30. The number of hydrogen-bond donors (Lipinski definition) is 1. The fraction of sp³-hybridized carbons (Fsp3) is 0.185. The maximum absolute atomic E-state index is 12.8. The summed E-state index contributed by atoms with van der Waals surface area (Å²) >= 11 is 1.25. The number of methoxy groups -OCH3 is 2. The van der Waals surface area contributed by atoms with E-state index in [1.807, 2.05) is 42.5 Å². The van der Waals surface area contributed by atoms with E-state index in [9.17, 15) is 9.59 Å². The third-order valence-electron chi connectivity index (χ3n) is 4.90. The minimum Gasteiger partial charge on any atom is -0.496 e. The Morgan fingerprint density at radius 3 is 2.35 bits per heavy atom. The van der Waals surface area contributed by atoms with Crippen LogP contribution in [0, 0.1) is 0 Å². The largest absolute Gasteiger partial charge is 0.496 e. The molecule has 0 fully saturated rings. The fourth-order valence-electron chi connectivity index (χ4n) is 3.21. The van der Waals surface area contributed by atoms with Crippen molar-refractivity contribution in [2.45, 2.75) is 12.4 Å². The molecule has 176 valence electrons. The zero-order chi connectivity index (χ0) is 24.3. The Morgan fingerprint density at radius 2 is 1.65 bits per heavy atom. The number of rotatable bonds is 12. The van der Waals surface area contributed by atoms with Gasteiger partial charge in [-0.2, -0.15) is 0 Å². The molecule has 3 rings (SSSR count). The van der Waals surface area contributed by atoms with Gasteiger partial charge in [0.2, 0.25) is 0 Å². The molecule has 3 aromatic carbocycles. The molecule has 0 unspecified atom stereocenters. The average molecular weight is 479 g/mol. The maximum atomic E-state index is 12.8. The number of ketones is 1. The number of ether oxygens (including phenoxy) is 3. The first-order valence-electron chi connectivity index (χ1n) is 10.5. The van der Waals surface area contributed by atoms with E-state index in [1.165, 1.54) is 17.8 Å². The Morgan fingerprint density at radius 1 is 0.912 bits per heavy atom. The monoisotopic (exact) mass is 478 g/mol. The smallest absolute Gasteiger partial charge is 0.313 e. The molecule has 1 N–H and O–H groups in total. The van der Waals surface area contributed by atoms with Crippen LogP contribution >= 0.6 is 11.8 Å². The van der Waals surface area contributed by atoms with E-state index in [0.717, 1.165) is 16.7 Å². The molecule has 0 aliphatic heterocycles. The third kappa shape index (κ3) is 7.15. The summed E-state index contributed by atoms with van der Waals surface area (Å²) in [4.78, 5) is 23.6. The molecule has 0 saturated carbocycles. The molecule has 7 heteroatoms. The summed E-state index contributed by atoms with van der Waals surface area (Å²) in [5.41, 5.74) is 3.10. The molecule has 0 saturated heterocycles. The quantitative estimate of drug-likeness (QED) is 0.272. The van der Waals surface area contributed by atoms with Crippen LogP contribution in [0.25, 0.3) is 6.08 Å². The standard InChI is InChI=1S/C27H26O6S/c1-31-24-13-10-21(15-22(24)17-34-18-27(29)30)23(28)11-8-19-9-12-25(32-2)26(14-19)33-16-20-6-4-3-5-7-20/h3-15H,16-18H2,1-2H3,(H,29,30)/b11-8+. The highest BCUT2D eigenvalue weighted by Gasteiger charge is 2.10. The van der Waals surface area contributed by atoms with Gasteiger partial charge in [-0.1, -0.05) is 42.5 Å². The molecule has 0 bridgehead atoms. The van der Waals surface area contributed by atoms with E-state index in [2.05, 4.69) is 0 Å². The summed E-state index contributed by atoms with van der Waals surface area (Å²) < 4.78 is 16.7. The van der Waals surface area contributed by atoms with Crippen molar-refractivity contribution in [2.24, 2.45) is 0 Å². The average Bonchev–Trinajstić information content (AvgIpc) is 2.86. The molecule has 0 spiro atoms. The van der Waals surface area contributed by atoms with Crippen LogP contribution in [-0.2, 0) is 17.2 Å². The van der Waals surface area contributed by atoms with Crippen LogP contribution in [0.15, 0.2) is 72.8 Å². The van der Waals surface area contributed by atoms with Crippen molar-refractivity contribution in [3.05, 3.63) is 95.1 Å². The summed E-state index contributed by atoms with van der Waals surface area (Å²) in [6.45, 7) is 0.401. The second kappa shape index (κ2) is 12.5. The highest BCUT2D eigenvalue weighted by atomic mass is 32.2. The first-order chi connectivity index (χ1) is 16.5. The summed E-state index contributed by atoms with van der Waals surface area (Å²) in [6, 6.07) is 20.5. The zero-order valence-electron chi connectivity index (χ0n) is 19.0. The van der Waals surface area contributed by atoms with Gasteiger partial charge in [-0.05, 0) is 47.5 Å². The van der Waals surface area contributed by atoms with Gasteiger partial charge in [-0.15, -0.1) is 11.8 Å². The molecule has 0 heterocycles. The zero-order valence-corrected chi connectivity index (χ0v) is 19.8. The lowest BCUT2D eigenvalue weighted by atomic mass is 10.1. The van der Waals surface area contributed by atoms with E-state index in [1.54, 1.807) is 44.6 Å². The SMILES string of the molecule is COc1ccc(C(=O)/C=C/c2ccc(OC)c(OCc3ccccc3)c2)cc1CSCC(=O)O. The number of carbonyl (C=O) groups excluding carboxylic acids is 1. The lowest BCUT2D eigenvalue weighted by Gasteiger charge is -2.11. The Hall–Kier alpha value is -3.71. The minimum atomic E-state index is -0.884. The Balaban J connectivity index is 1.72. The van der Waals surface area contributed by atoms with E-state index in [4.69, 9.17) is 19.3 Å². The predicted molar refractivity (Wildman–Crippen MR) is 134 cm³/mol. The van der Waals surface area contributed by atoms with Crippen molar-refractivity contribution in [1.82, 2.24) is 0 Å². The lowest BCUT2D eigenvalue weighted by Crippen LogP contribution is -2.01. The Kier molecular flexibility index (Phi) is 9.17. The van der Waals surface area contributed by atoms with Crippen LogP contribution in [0.1, 0.15) is 27.0 Å². The number of thioether (sulfide) groups is 1. The second-order valence-electron chi connectivity index (χ2n) is 7.30. The van der Waals surface area contributed by atoms with Crippen LogP contribution < -0.4 is 14.2 Å². The number of carboxylic acid groups (broad SMARTS) is 1. The predicted octanol–water partition coefficient (Wildman–Crippen LogP) is 5.50. The molecule has 0 radical (unpaired) electrons. The molecule has 0 aliphatic carbocycles. The molecule has 0 aromatic heterocycles.